The Morgan fingerprint density at radius 3 is 2.00 bits per heavy atom. The molecule has 0 bridgehead atoms. The Kier molecular flexibility index (Phi) is 3.35. The molecule has 44 valence electrons. The fourth-order valence-corrected chi connectivity index (χ4v) is 0.738. The molecular weight excluding hydrogens is 140 g/mol. The van der Waals surface area contributed by atoms with Crippen LogP contribution in [0.5, 0.6) is 0 Å². The van der Waals surface area contributed by atoms with Crippen molar-refractivity contribution in [1.29, 1.82) is 0 Å². The van der Waals surface area contributed by atoms with Gasteiger partial charge in [0.1, 0.15) is 0 Å². The third-order valence-electron chi connectivity index (χ3n) is 0.154. The highest BCUT2D eigenvalue weighted by molar-refractivity contribution is 7.90. The van der Waals surface area contributed by atoms with E-state index in [4.69, 9.17) is 4.55 Å². The lowest BCUT2D eigenvalue weighted by Gasteiger charge is -1.84. The van der Waals surface area contributed by atoms with Crippen LogP contribution in [0.4, 0.5) is 0 Å². The molecule has 0 saturated heterocycles. The summed E-state index contributed by atoms with van der Waals surface area (Å²) in [5.41, 5.74) is 0. The molecule has 0 radical (unpaired) electrons. The van der Waals surface area contributed by atoms with Crippen LogP contribution >= 0.6 is 0 Å². The first-order valence-electron chi connectivity index (χ1n) is 1.26. The predicted molar refractivity (Wildman–Crippen MR) is 25.9 cm³/mol. The lowest BCUT2D eigenvalue weighted by atomic mass is 12.0. The van der Waals surface area contributed by atoms with Crippen LogP contribution < -0.4 is 0 Å². The average molecular weight is 144 g/mol. The third-order valence-corrected chi connectivity index (χ3v) is 1.39. The summed E-state index contributed by atoms with van der Waals surface area (Å²) in [6.45, 7) is 0. The molecule has 0 heterocycles. The Morgan fingerprint density at radius 2 is 2.00 bits per heavy atom. The van der Waals surface area contributed by atoms with Crippen LogP contribution in [-0.2, 0) is 26.1 Å². The molecule has 0 aliphatic heterocycles. The zero-order valence-corrected chi connectivity index (χ0v) is 5.12. The summed E-state index contributed by atoms with van der Waals surface area (Å²) in [4.78, 5) is 0. The van der Waals surface area contributed by atoms with E-state index in [0.717, 1.165) is 6.26 Å². The van der Waals surface area contributed by atoms with E-state index in [1.165, 1.54) is 0 Å². The average Bonchev–Trinajstić information content (AvgIpc) is 1.27. The van der Waals surface area contributed by atoms with E-state index in [1.54, 1.807) is 0 Å². The van der Waals surface area contributed by atoms with Gasteiger partial charge in [0.25, 0.3) is 0 Å². The largest absolute Gasteiger partial charge is 0.316 e. The first-order valence-corrected chi connectivity index (χ1v) is 3.77. The van der Waals surface area contributed by atoms with Crippen molar-refractivity contribution in [2.24, 2.45) is 0 Å². The first-order chi connectivity index (χ1) is 3.13. The third kappa shape index (κ3) is 6.22. The van der Waals surface area contributed by atoms with Gasteiger partial charge in [0, 0.05) is 6.26 Å². The molecule has 0 aromatic rings. The van der Waals surface area contributed by atoms with Crippen molar-refractivity contribution >= 4 is 22.4 Å². The standard InChI is InChI=1S/CH4O4S2/c1-6(2)5-7(3)4/h1H3,(H,3,4). The highest BCUT2D eigenvalue weighted by Gasteiger charge is 1.93. The number of rotatable bonds is 2. The minimum atomic E-state index is -2.40. The van der Waals surface area contributed by atoms with Gasteiger partial charge < -0.3 is 0 Å². The summed E-state index contributed by atoms with van der Waals surface area (Å²) in [5, 5.41) is 0. The maximum Gasteiger partial charge on any atom is 0.316 e. The summed E-state index contributed by atoms with van der Waals surface area (Å²) < 4.78 is 30.8. The van der Waals surface area contributed by atoms with Crippen LogP contribution in [0.25, 0.3) is 0 Å². The van der Waals surface area contributed by atoms with E-state index >= 15 is 0 Å². The fourth-order valence-electron chi connectivity index (χ4n) is 0.0820. The molecule has 7 heavy (non-hydrogen) atoms. The van der Waals surface area contributed by atoms with E-state index in [1.807, 2.05) is 0 Å². The molecule has 0 aromatic heterocycles. The Bertz CT molecular complexity index is 85.9. The molecule has 2 atom stereocenters. The van der Waals surface area contributed by atoms with Gasteiger partial charge in [-0.2, -0.15) is 7.84 Å². The summed E-state index contributed by atoms with van der Waals surface area (Å²) in [7, 11) is 0. The molecule has 6 heteroatoms. The molecule has 0 fully saturated rings. The lowest BCUT2D eigenvalue weighted by molar-refractivity contribution is 0.472. The van der Waals surface area contributed by atoms with Gasteiger partial charge in [-0.15, -0.1) is 0 Å². The van der Waals surface area contributed by atoms with E-state index < -0.39 is 22.4 Å². The quantitative estimate of drug-likeness (QED) is 0.527. The summed E-state index contributed by atoms with van der Waals surface area (Å²) in [6, 6.07) is 0. The molecular formula is CH4O4S2. The highest BCUT2D eigenvalue weighted by Crippen LogP contribution is 1.80. The Morgan fingerprint density at radius 1 is 1.57 bits per heavy atom. The maximum atomic E-state index is 9.79. The van der Waals surface area contributed by atoms with E-state index in [2.05, 4.69) is 3.63 Å². The SMILES string of the molecule is CS(=O)OS(=O)O. The second-order valence-corrected chi connectivity index (χ2v) is 2.47. The van der Waals surface area contributed by atoms with Crippen LogP contribution in [-0.4, -0.2) is 19.2 Å². The summed E-state index contributed by atoms with van der Waals surface area (Å²) >= 11 is -4.04. The Hall–Kier alpha value is 0.220. The van der Waals surface area contributed by atoms with Crippen molar-refractivity contribution in [2.75, 3.05) is 6.26 Å². The summed E-state index contributed by atoms with van der Waals surface area (Å²) in [6.07, 6.45) is 1.16. The van der Waals surface area contributed by atoms with Crippen molar-refractivity contribution in [3.8, 4) is 0 Å². The van der Waals surface area contributed by atoms with Gasteiger partial charge in [0.15, 0.2) is 11.1 Å². The van der Waals surface area contributed by atoms with E-state index in [9.17, 15) is 8.42 Å². The minimum absolute atomic E-state index is 1.16. The van der Waals surface area contributed by atoms with Gasteiger partial charge in [0.2, 0.25) is 0 Å². The Balaban J connectivity index is 3.32. The maximum absolute atomic E-state index is 9.79. The van der Waals surface area contributed by atoms with Gasteiger partial charge in [0.05, 0.1) is 0 Å². The van der Waals surface area contributed by atoms with E-state index in [0.29, 0.717) is 0 Å². The topological polar surface area (TPSA) is 63.6 Å². The van der Waals surface area contributed by atoms with E-state index in [-0.39, 0.29) is 0 Å². The fraction of sp³-hybridized carbons (Fsp3) is 1.00. The normalized spacial score (nSPS) is 18.6. The van der Waals surface area contributed by atoms with Crippen molar-refractivity contribution in [2.45, 2.75) is 0 Å². The molecule has 4 nitrogen and oxygen atoms in total. The predicted octanol–water partition coefficient (Wildman–Crippen LogP) is -0.567. The number of hydrogen-bond acceptors (Lipinski definition) is 3. The van der Waals surface area contributed by atoms with Crippen LogP contribution in [0.2, 0.25) is 0 Å². The van der Waals surface area contributed by atoms with Crippen LogP contribution in [0, 0.1) is 0 Å². The van der Waals surface area contributed by atoms with Gasteiger partial charge in [-0.1, -0.05) is 0 Å². The van der Waals surface area contributed by atoms with Crippen molar-refractivity contribution in [3.05, 3.63) is 0 Å². The molecule has 2 unspecified atom stereocenters. The Labute approximate surface area is 46.0 Å². The lowest BCUT2D eigenvalue weighted by Crippen LogP contribution is -1.95. The highest BCUT2D eigenvalue weighted by atomic mass is 32.3. The molecule has 0 aliphatic carbocycles. The van der Waals surface area contributed by atoms with Crippen LogP contribution in [0.15, 0.2) is 0 Å². The zero-order valence-electron chi connectivity index (χ0n) is 3.49. The number of hydrogen-bond donors (Lipinski definition) is 1. The van der Waals surface area contributed by atoms with Gasteiger partial charge in [-0.05, 0) is 0 Å². The second kappa shape index (κ2) is 3.25. The molecule has 0 saturated carbocycles. The second-order valence-electron chi connectivity index (χ2n) is 0.687. The zero-order chi connectivity index (χ0) is 5.86. The van der Waals surface area contributed by atoms with Crippen molar-refractivity contribution in [1.82, 2.24) is 0 Å². The van der Waals surface area contributed by atoms with Crippen molar-refractivity contribution in [3.63, 3.8) is 0 Å². The van der Waals surface area contributed by atoms with Gasteiger partial charge in [-0.3, -0.25) is 4.55 Å². The monoisotopic (exact) mass is 144 g/mol. The van der Waals surface area contributed by atoms with Crippen molar-refractivity contribution < 1.29 is 16.6 Å². The van der Waals surface area contributed by atoms with Crippen LogP contribution in [0.3, 0.4) is 0 Å². The smallest absolute Gasteiger partial charge is 0.283 e. The molecule has 0 aromatic carbocycles. The molecule has 0 aliphatic rings. The van der Waals surface area contributed by atoms with Gasteiger partial charge >= 0.3 is 11.4 Å². The molecule has 0 rings (SSSR count). The van der Waals surface area contributed by atoms with Gasteiger partial charge in [-0.25, -0.2) is 4.21 Å². The summed E-state index contributed by atoms with van der Waals surface area (Å²) in [5.74, 6) is 0. The molecule has 0 amide bonds. The molecule has 0 spiro atoms. The first kappa shape index (κ1) is 7.22. The minimum Gasteiger partial charge on any atom is -0.283 e. The molecule has 1 N–H and O–H groups in total. The van der Waals surface area contributed by atoms with Crippen LogP contribution in [0.1, 0.15) is 0 Å².